The van der Waals surface area contributed by atoms with E-state index in [1.165, 1.54) is 11.8 Å². The first-order valence-electron chi connectivity index (χ1n) is 14.7. The van der Waals surface area contributed by atoms with E-state index in [4.69, 9.17) is 10.5 Å². The summed E-state index contributed by atoms with van der Waals surface area (Å²) >= 11 is 1.43. The van der Waals surface area contributed by atoms with Crippen LogP contribution in [-0.4, -0.2) is 58.1 Å². The predicted molar refractivity (Wildman–Crippen MR) is 157 cm³/mol. The molecule has 0 spiro atoms. The number of rotatable bonds is 9. The van der Waals surface area contributed by atoms with Gasteiger partial charge in [-0.25, -0.2) is 0 Å². The number of nitrogens with two attached hydrogens (primary N) is 1. The highest BCUT2D eigenvalue weighted by molar-refractivity contribution is 8.01. The number of carbonyl (C=O) groups is 3. The zero-order valence-electron chi connectivity index (χ0n) is 25.3. The van der Waals surface area contributed by atoms with Crippen LogP contribution in [0, 0.1) is 39.9 Å². The summed E-state index contributed by atoms with van der Waals surface area (Å²) in [5.41, 5.74) is 4.49. The van der Waals surface area contributed by atoms with E-state index in [0.717, 1.165) is 19.3 Å². The van der Waals surface area contributed by atoms with Crippen LogP contribution in [-0.2, 0) is 19.1 Å². The summed E-state index contributed by atoms with van der Waals surface area (Å²) in [4.78, 5) is 39.2. The van der Waals surface area contributed by atoms with Crippen molar-refractivity contribution in [3.8, 4) is 0 Å². The van der Waals surface area contributed by atoms with Gasteiger partial charge in [-0.15, -0.1) is 18.3 Å². The third-order valence-electron chi connectivity index (χ3n) is 10.9. The standard InChI is InChI=1S/C31H52N2O5S/c1-10-29(8)15-22(38-23(35)16-39-28(6,7)17-33-27(37)24(32)18(2)3)30(9)19(4)11-13-31(20(5)26(29)36)14-12-21(34)25(30)31/h10,18-20,22,24-26,36H,1,11-17,32H2,2-9H3,(H,33,37)/t19-,20?,22-,24?,25+,26+,29?,30?,31+/m1/s1. The summed E-state index contributed by atoms with van der Waals surface area (Å²) in [5.74, 6) is -0.243. The summed E-state index contributed by atoms with van der Waals surface area (Å²) in [6.45, 7) is 20.7. The third-order valence-corrected chi connectivity index (χ3v) is 12.2. The maximum atomic E-state index is 13.5. The number of thioether (sulfide) groups is 1. The number of hydrogen-bond donors (Lipinski definition) is 3. The molecular weight excluding hydrogens is 512 g/mol. The first kappa shape index (κ1) is 32.1. The van der Waals surface area contributed by atoms with Crippen molar-refractivity contribution in [3.63, 3.8) is 0 Å². The Labute approximate surface area is 239 Å². The smallest absolute Gasteiger partial charge is 0.316 e. The number of ether oxygens (including phenoxy) is 1. The highest BCUT2D eigenvalue weighted by Gasteiger charge is 2.68. The molecule has 0 aliphatic heterocycles. The predicted octanol–water partition coefficient (Wildman–Crippen LogP) is 4.50. The lowest BCUT2D eigenvalue weighted by Crippen LogP contribution is -2.63. The Kier molecular flexibility index (Phi) is 9.46. The fourth-order valence-corrected chi connectivity index (χ4v) is 8.47. The fourth-order valence-electron chi connectivity index (χ4n) is 7.72. The molecule has 3 aliphatic carbocycles. The first-order chi connectivity index (χ1) is 17.9. The Balaban J connectivity index is 1.82. The van der Waals surface area contributed by atoms with Crippen molar-refractivity contribution in [3.05, 3.63) is 12.7 Å². The lowest BCUT2D eigenvalue weighted by Gasteiger charge is -2.61. The highest BCUT2D eigenvalue weighted by atomic mass is 32.2. The summed E-state index contributed by atoms with van der Waals surface area (Å²) < 4.78 is 5.92. The third kappa shape index (κ3) is 5.85. The second kappa shape index (κ2) is 11.5. The molecule has 222 valence electrons. The number of amides is 1. The number of hydrogen-bond acceptors (Lipinski definition) is 7. The molecule has 3 rings (SSSR count). The van der Waals surface area contributed by atoms with Crippen LogP contribution in [0.25, 0.3) is 0 Å². The zero-order valence-corrected chi connectivity index (χ0v) is 26.2. The van der Waals surface area contributed by atoms with Gasteiger partial charge in [0.2, 0.25) is 5.91 Å². The van der Waals surface area contributed by atoms with Crippen LogP contribution in [0.1, 0.15) is 87.5 Å². The molecule has 0 aromatic carbocycles. The number of Topliss-reactive ketones (excluding diaryl/α,β-unsaturated/α-hetero) is 1. The second-order valence-corrected chi connectivity index (χ2v) is 15.8. The Morgan fingerprint density at radius 2 is 1.92 bits per heavy atom. The van der Waals surface area contributed by atoms with Gasteiger partial charge in [-0.05, 0) is 62.7 Å². The van der Waals surface area contributed by atoms with Crippen LogP contribution in [0.3, 0.4) is 0 Å². The number of carbonyl (C=O) groups excluding carboxylic acids is 3. The Morgan fingerprint density at radius 3 is 2.51 bits per heavy atom. The number of nitrogens with one attached hydrogen (secondary N) is 1. The van der Waals surface area contributed by atoms with Crippen molar-refractivity contribution in [2.45, 2.75) is 110 Å². The SMILES string of the molecule is C=CC1(C)C[C@@H](OC(=O)CSC(C)(C)CNC(=O)C(N)C(C)C)C2(C)[C@H](C)CC[C@]3(CCC(=O)[C@@H]23)C(C)[C@@H]1O. The molecule has 2 bridgehead atoms. The number of aliphatic hydroxyl groups excluding tert-OH is 1. The normalized spacial score (nSPS) is 39.4. The van der Waals surface area contributed by atoms with Gasteiger partial charge in [-0.1, -0.05) is 47.6 Å². The fraction of sp³-hybridized carbons (Fsp3) is 0.839. The van der Waals surface area contributed by atoms with Crippen LogP contribution >= 0.6 is 11.8 Å². The second-order valence-electron chi connectivity index (χ2n) is 14.1. The summed E-state index contributed by atoms with van der Waals surface area (Å²) in [6.07, 6.45) is 4.17. The lowest BCUT2D eigenvalue weighted by molar-refractivity contribution is -0.205. The van der Waals surface area contributed by atoms with Gasteiger partial charge in [0.25, 0.3) is 0 Å². The van der Waals surface area contributed by atoms with E-state index in [9.17, 15) is 19.5 Å². The Bertz CT molecular complexity index is 969. The number of aliphatic hydroxyl groups is 1. The molecule has 0 heterocycles. The van der Waals surface area contributed by atoms with Crippen molar-refractivity contribution >= 4 is 29.4 Å². The van der Waals surface area contributed by atoms with Gasteiger partial charge >= 0.3 is 5.97 Å². The lowest BCUT2D eigenvalue weighted by atomic mass is 9.44. The quantitative estimate of drug-likeness (QED) is 0.279. The highest BCUT2D eigenvalue weighted by Crippen LogP contribution is 2.68. The van der Waals surface area contributed by atoms with E-state index >= 15 is 0 Å². The van der Waals surface area contributed by atoms with Crippen LogP contribution in [0.4, 0.5) is 0 Å². The maximum absolute atomic E-state index is 13.5. The molecule has 7 nitrogen and oxygen atoms in total. The van der Waals surface area contributed by atoms with Crippen molar-refractivity contribution < 1.29 is 24.2 Å². The minimum Gasteiger partial charge on any atom is -0.461 e. The Morgan fingerprint density at radius 1 is 1.28 bits per heavy atom. The van der Waals surface area contributed by atoms with Crippen molar-refractivity contribution in [1.29, 1.82) is 0 Å². The van der Waals surface area contributed by atoms with E-state index in [-0.39, 0.29) is 52.5 Å². The molecule has 3 fully saturated rings. The van der Waals surface area contributed by atoms with Crippen LogP contribution in [0.15, 0.2) is 12.7 Å². The molecule has 4 unspecified atom stereocenters. The Hall–Kier alpha value is -1.38. The largest absolute Gasteiger partial charge is 0.461 e. The van der Waals surface area contributed by atoms with Crippen LogP contribution < -0.4 is 11.1 Å². The number of esters is 1. The molecule has 0 radical (unpaired) electrons. The monoisotopic (exact) mass is 564 g/mol. The summed E-state index contributed by atoms with van der Waals surface area (Å²) in [7, 11) is 0. The molecule has 0 aromatic rings. The van der Waals surface area contributed by atoms with E-state index in [0.29, 0.717) is 19.4 Å². The van der Waals surface area contributed by atoms with Crippen LogP contribution in [0.2, 0.25) is 0 Å². The zero-order chi connectivity index (χ0) is 29.6. The molecule has 8 heteroatoms. The van der Waals surface area contributed by atoms with Gasteiger partial charge in [-0.3, -0.25) is 14.4 Å². The van der Waals surface area contributed by atoms with Crippen molar-refractivity contribution in [2.75, 3.05) is 12.3 Å². The summed E-state index contributed by atoms with van der Waals surface area (Å²) in [5, 5.41) is 14.6. The van der Waals surface area contributed by atoms with E-state index in [2.05, 4.69) is 32.7 Å². The maximum Gasteiger partial charge on any atom is 0.316 e. The molecule has 39 heavy (non-hydrogen) atoms. The minimum absolute atomic E-state index is 0.0382. The molecule has 0 saturated heterocycles. The molecule has 9 atom stereocenters. The van der Waals surface area contributed by atoms with E-state index in [1.54, 1.807) is 0 Å². The summed E-state index contributed by atoms with van der Waals surface area (Å²) in [6, 6.07) is -0.573. The van der Waals surface area contributed by atoms with Gasteiger partial charge in [0.1, 0.15) is 11.9 Å². The molecular formula is C31H52N2O5S. The molecule has 4 N–H and O–H groups in total. The average molecular weight is 565 g/mol. The van der Waals surface area contributed by atoms with Crippen LogP contribution in [0.5, 0.6) is 0 Å². The van der Waals surface area contributed by atoms with Gasteiger partial charge in [-0.2, -0.15) is 0 Å². The van der Waals surface area contributed by atoms with Gasteiger partial charge in [0, 0.05) is 34.5 Å². The van der Waals surface area contributed by atoms with Gasteiger partial charge in [0.05, 0.1) is 17.9 Å². The average Bonchev–Trinajstić information content (AvgIpc) is 3.24. The minimum atomic E-state index is -0.684. The van der Waals surface area contributed by atoms with Crippen molar-refractivity contribution in [1.82, 2.24) is 5.32 Å². The first-order valence-corrected chi connectivity index (χ1v) is 15.6. The van der Waals surface area contributed by atoms with Crippen molar-refractivity contribution in [2.24, 2.45) is 45.7 Å². The molecule has 3 saturated carbocycles. The molecule has 1 amide bonds. The van der Waals surface area contributed by atoms with E-state index in [1.807, 2.05) is 40.7 Å². The van der Waals surface area contributed by atoms with E-state index < -0.39 is 33.8 Å². The topological polar surface area (TPSA) is 119 Å². The molecule has 0 aromatic heterocycles. The van der Waals surface area contributed by atoms with Gasteiger partial charge < -0.3 is 20.9 Å². The van der Waals surface area contributed by atoms with Gasteiger partial charge in [0.15, 0.2) is 0 Å². The molecule has 3 aliphatic rings. The number of ketones is 1.